The Balaban J connectivity index is 1.50. The van der Waals surface area contributed by atoms with E-state index in [1.54, 1.807) is 0 Å². The highest BCUT2D eigenvalue weighted by Gasteiger charge is 2.13. The second-order valence-electron chi connectivity index (χ2n) is 5.25. The summed E-state index contributed by atoms with van der Waals surface area (Å²) in [7, 11) is 0. The molecule has 1 fully saturated rings. The van der Waals surface area contributed by atoms with E-state index in [0.717, 1.165) is 24.4 Å². The number of furan rings is 1. The number of amides is 1. The van der Waals surface area contributed by atoms with Gasteiger partial charge in [-0.05, 0) is 12.1 Å². The number of morpholine rings is 1. The molecule has 0 atom stereocenters. The number of ether oxygens (including phenoxy) is 1. The standard InChI is InChI=1S/C17H19N3O3/c21-17(13-20-8-10-22-11-9-20)19-18-12-15-6-7-16(23-15)14-4-2-1-3-5-14/h1-7,12H,8-11,13H2,(H,19,21)/b18-12+. The number of nitrogens with one attached hydrogen (secondary N) is 1. The van der Waals surface area contributed by atoms with Crippen molar-refractivity contribution in [1.82, 2.24) is 10.3 Å². The Labute approximate surface area is 134 Å². The summed E-state index contributed by atoms with van der Waals surface area (Å²) in [5.41, 5.74) is 3.52. The van der Waals surface area contributed by atoms with E-state index in [2.05, 4.69) is 10.5 Å². The first-order chi connectivity index (χ1) is 11.3. The predicted molar refractivity (Wildman–Crippen MR) is 87.1 cm³/mol. The Morgan fingerprint density at radius 2 is 1.96 bits per heavy atom. The molecule has 0 spiro atoms. The lowest BCUT2D eigenvalue weighted by Gasteiger charge is -2.25. The van der Waals surface area contributed by atoms with Crippen LogP contribution in [0, 0.1) is 0 Å². The van der Waals surface area contributed by atoms with Crippen LogP contribution in [0.3, 0.4) is 0 Å². The van der Waals surface area contributed by atoms with Crippen LogP contribution in [0.5, 0.6) is 0 Å². The Bertz CT molecular complexity index is 661. The van der Waals surface area contributed by atoms with Crippen molar-refractivity contribution in [3.63, 3.8) is 0 Å². The predicted octanol–water partition coefficient (Wildman–Crippen LogP) is 1.73. The molecule has 0 unspecified atom stereocenters. The number of hydrazone groups is 1. The van der Waals surface area contributed by atoms with Gasteiger partial charge in [-0.15, -0.1) is 0 Å². The third kappa shape index (κ3) is 4.51. The molecule has 1 aromatic heterocycles. The average Bonchev–Trinajstić information content (AvgIpc) is 3.05. The molecule has 3 rings (SSSR count). The van der Waals surface area contributed by atoms with Crippen LogP contribution in [0.1, 0.15) is 5.76 Å². The molecule has 1 aromatic carbocycles. The van der Waals surface area contributed by atoms with Crippen molar-refractivity contribution < 1.29 is 13.9 Å². The maximum Gasteiger partial charge on any atom is 0.254 e. The zero-order valence-electron chi connectivity index (χ0n) is 12.8. The van der Waals surface area contributed by atoms with Crippen LogP contribution in [0.25, 0.3) is 11.3 Å². The number of hydrogen-bond donors (Lipinski definition) is 1. The second kappa shape index (κ2) is 7.71. The van der Waals surface area contributed by atoms with Crippen LogP contribution in [0.15, 0.2) is 52.0 Å². The normalized spacial score (nSPS) is 15.8. The summed E-state index contributed by atoms with van der Waals surface area (Å²) in [6.07, 6.45) is 1.50. The topological polar surface area (TPSA) is 67.1 Å². The molecule has 23 heavy (non-hydrogen) atoms. The highest BCUT2D eigenvalue weighted by molar-refractivity contribution is 5.82. The van der Waals surface area contributed by atoms with Crippen molar-refractivity contribution in [2.75, 3.05) is 32.8 Å². The van der Waals surface area contributed by atoms with Crippen LogP contribution >= 0.6 is 0 Å². The molecule has 1 aliphatic rings. The molecular formula is C17H19N3O3. The summed E-state index contributed by atoms with van der Waals surface area (Å²) in [4.78, 5) is 13.8. The van der Waals surface area contributed by atoms with Crippen molar-refractivity contribution >= 4 is 12.1 Å². The molecule has 120 valence electrons. The quantitative estimate of drug-likeness (QED) is 0.674. The van der Waals surface area contributed by atoms with E-state index in [4.69, 9.17) is 9.15 Å². The maximum atomic E-state index is 11.8. The van der Waals surface area contributed by atoms with Gasteiger partial charge in [0, 0.05) is 18.7 Å². The number of hydrogen-bond acceptors (Lipinski definition) is 5. The van der Waals surface area contributed by atoms with Crippen LogP contribution in [0.2, 0.25) is 0 Å². The van der Waals surface area contributed by atoms with E-state index in [9.17, 15) is 4.79 Å². The molecule has 1 N–H and O–H groups in total. The first kappa shape index (κ1) is 15.5. The zero-order valence-corrected chi connectivity index (χ0v) is 12.8. The van der Waals surface area contributed by atoms with Gasteiger partial charge < -0.3 is 9.15 Å². The van der Waals surface area contributed by atoms with Gasteiger partial charge in [-0.25, -0.2) is 5.43 Å². The highest BCUT2D eigenvalue weighted by Crippen LogP contribution is 2.20. The Morgan fingerprint density at radius 3 is 2.74 bits per heavy atom. The van der Waals surface area contributed by atoms with Gasteiger partial charge >= 0.3 is 0 Å². The minimum absolute atomic E-state index is 0.141. The van der Waals surface area contributed by atoms with Crippen molar-refractivity contribution in [3.05, 3.63) is 48.2 Å². The molecule has 0 saturated carbocycles. The van der Waals surface area contributed by atoms with Crippen LogP contribution in [-0.4, -0.2) is 49.9 Å². The van der Waals surface area contributed by atoms with Crippen molar-refractivity contribution in [2.45, 2.75) is 0 Å². The van der Waals surface area contributed by atoms with E-state index in [1.165, 1.54) is 6.21 Å². The lowest BCUT2D eigenvalue weighted by atomic mass is 10.2. The number of carbonyl (C=O) groups excluding carboxylic acids is 1. The van der Waals surface area contributed by atoms with Crippen LogP contribution < -0.4 is 5.43 Å². The Morgan fingerprint density at radius 1 is 1.17 bits per heavy atom. The van der Waals surface area contributed by atoms with Crippen molar-refractivity contribution in [3.8, 4) is 11.3 Å². The van der Waals surface area contributed by atoms with Gasteiger partial charge in [0.25, 0.3) is 5.91 Å². The molecule has 0 aliphatic carbocycles. The third-order valence-electron chi connectivity index (χ3n) is 3.54. The van der Waals surface area contributed by atoms with E-state index in [-0.39, 0.29) is 5.91 Å². The molecule has 0 bridgehead atoms. The summed E-state index contributed by atoms with van der Waals surface area (Å²) >= 11 is 0. The Hall–Kier alpha value is -2.44. The van der Waals surface area contributed by atoms with E-state index >= 15 is 0 Å². The van der Waals surface area contributed by atoms with Gasteiger partial charge in [-0.3, -0.25) is 9.69 Å². The summed E-state index contributed by atoms with van der Waals surface area (Å²) < 4.78 is 10.9. The molecule has 0 radical (unpaired) electrons. The monoisotopic (exact) mass is 313 g/mol. The van der Waals surface area contributed by atoms with Gasteiger partial charge in [-0.1, -0.05) is 30.3 Å². The molecule has 1 aliphatic heterocycles. The first-order valence-corrected chi connectivity index (χ1v) is 7.58. The summed E-state index contributed by atoms with van der Waals surface area (Å²) in [5.74, 6) is 1.22. The van der Waals surface area contributed by atoms with E-state index in [0.29, 0.717) is 25.5 Å². The van der Waals surface area contributed by atoms with Gasteiger partial charge in [-0.2, -0.15) is 5.10 Å². The molecule has 1 saturated heterocycles. The lowest BCUT2D eigenvalue weighted by molar-refractivity contribution is -0.123. The van der Waals surface area contributed by atoms with E-state index in [1.807, 2.05) is 47.4 Å². The minimum Gasteiger partial charge on any atom is -0.455 e. The fourth-order valence-electron chi connectivity index (χ4n) is 2.35. The van der Waals surface area contributed by atoms with Gasteiger partial charge in [0.1, 0.15) is 11.5 Å². The average molecular weight is 313 g/mol. The van der Waals surface area contributed by atoms with Crippen LogP contribution in [-0.2, 0) is 9.53 Å². The second-order valence-corrected chi connectivity index (χ2v) is 5.25. The van der Waals surface area contributed by atoms with Crippen LogP contribution in [0.4, 0.5) is 0 Å². The lowest BCUT2D eigenvalue weighted by Crippen LogP contribution is -2.42. The third-order valence-corrected chi connectivity index (χ3v) is 3.54. The van der Waals surface area contributed by atoms with E-state index < -0.39 is 0 Å². The van der Waals surface area contributed by atoms with Gasteiger partial charge in [0.15, 0.2) is 0 Å². The summed E-state index contributed by atoms with van der Waals surface area (Å²) in [6.45, 7) is 3.22. The smallest absolute Gasteiger partial charge is 0.254 e. The zero-order chi connectivity index (χ0) is 15.9. The van der Waals surface area contributed by atoms with Gasteiger partial charge in [0.05, 0.1) is 26.0 Å². The summed E-state index contributed by atoms with van der Waals surface area (Å²) in [6, 6.07) is 13.5. The minimum atomic E-state index is -0.141. The number of carbonyl (C=O) groups is 1. The fourth-order valence-corrected chi connectivity index (χ4v) is 2.35. The SMILES string of the molecule is O=C(CN1CCOCC1)N/N=C/c1ccc(-c2ccccc2)o1. The maximum absolute atomic E-state index is 11.8. The molecule has 6 nitrogen and oxygen atoms in total. The van der Waals surface area contributed by atoms with Gasteiger partial charge in [0.2, 0.25) is 0 Å². The molecule has 2 heterocycles. The number of rotatable bonds is 5. The fraction of sp³-hybridized carbons (Fsp3) is 0.294. The van der Waals surface area contributed by atoms with Crippen molar-refractivity contribution in [2.24, 2.45) is 5.10 Å². The first-order valence-electron chi connectivity index (χ1n) is 7.58. The largest absolute Gasteiger partial charge is 0.455 e. The highest BCUT2D eigenvalue weighted by atomic mass is 16.5. The molecule has 1 amide bonds. The number of benzene rings is 1. The summed E-state index contributed by atoms with van der Waals surface area (Å²) in [5, 5.41) is 3.94. The molecular weight excluding hydrogens is 294 g/mol. The molecule has 2 aromatic rings. The van der Waals surface area contributed by atoms with Crippen molar-refractivity contribution in [1.29, 1.82) is 0 Å². The molecule has 6 heteroatoms. The number of nitrogens with zero attached hydrogens (tertiary/aromatic N) is 2. The Kier molecular flexibility index (Phi) is 5.18.